The summed E-state index contributed by atoms with van der Waals surface area (Å²) < 4.78 is 7.80. The minimum absolute atomic E-state index is 0.0777. The number of carbonyl (C=O) groups excluding carboxylic acids is 1. The number of fused-ring (bicyclic) bond motifs is 1. The number of imidazole rings is 1. The number of hydrogen-bond acceptors (Lipinski definition) is 5. The summed E-state index contributed by atoms with van der Waals surface area (Å²) in [5.74, 6) is 2.10. The molecule has 1 fully saturated rings. The van der Waals surface area contributed by atoms with E-state index in [0.717, 1.165) is 41.1 Å². The summed E-state index contributed by atoms with van der Waals surface area (Å²) in [5.41, 5.74) is 5.01. The summed E-state index contributed by atoms with van der Waals surface area (Å²) in [7, 11) is 0. The van der Waals surface area contributed by atoms with Crippen molar-refractivity contribution in [2.45, 2.75) is 46.1 Å². The SMILES string of the molecule is CCc1nc2ccc(-c3noc(C4CC(=O)N(c5ccc(C)cc5)C4)n3)cc2n1CC. The number of rotatable bonds is 5. The lowest BCUT2D eigenvalue weighted by Crippen LogP contribution is -2.24. The number of nitrogens with zero attached hydrogens (tertiary/aromatic N) is 5. The Morgan fingerprint density at radius 2 is 1.90 bits per heavy atom. The molecule has 1 atom stereocenters. The second kappa shape index (κ2) is 7.65. The Labute approximate surface area is 180 Å². The van der Waals surface area contributed by atoms with Gasteiger partial charge in [-0.05, 0) is 44.2 Å². The van der Waals surface area contributed by atoms with Gasteiger partial charge in [0.15, 0.2) is 0 Å². The first-order chi connectivity index (χ1) is 15.1. The molecule has 0 saturated carbocycles. The third-order valence-corrected chi connectivity index (χ3v) is 5.98. The molecule has 0 bridgehead atoms. The largest absolute Gasteiger partial charge is 0.339 e. The van der Waals surface area contributed by atoms with Gasteiger partial charge in [-0.3, -0.25) is 4.79 Å². The quantitative estimate of drug-likeness (QED) is 0.480. The highest BCUT2D eigenvalue weighted by molar-refractivity contribution is 5.96. The van der Waals surface area contributed by atoms with E-state index in [1.54, 1.807) is 4.90 Å². The van der Waals surface area contributed by atoms with E-state index in [0.29, 0.717) is 24.7 Å². The number of amides is 1. The highest BCUT2D eigenvalue weighted by Crippen LogP contribution is 2.32. The lowest BCUT2D eigenvalue weighted by molar-refractivity contribution is -0.117. The Kier molecular flexibility index (Phi) is 4.81. The zero-order valence-corrected chi connectivity index (χ0v) is 18.0. The molecular weight excluding hydrogens is 390 g/mol. The van der Waals surface area contributed by atoms with Gasteiger partial charge in [-0.2, -0.15) is 4.98 Å². The number of anilines is 1. The lowest BCUT2D eigenvalue weighted by atomic mass is 10.1. The molecule has 0 radical (unpaired) electrons. The molecule has 0 aliphatic carbocycles. The van der Waals surface area contributed by atoms with Crippen molar-refractivity contribution < 1.29 is 9.32 Å². The molecule has 0 N–H and O–H groups in total. The van der Waals surface area contributed by atoms with E-state index >= 15 is 0 Å². The van der Waals surface area contributed by atoms with Crippen LogP contribution in [0, 0.1) is 6.92 Å². The van der Waals surface area contributed by atoms with Crippen LogP contribution in [0.4, 0.5) is 5.69 Å². The Hall–Kier alpha value is -3.48. The average Bonchev–Trinajstić information content (AvgIpc) is 3.50. The van der Waals surface area contributed by atoms with E-state index < -0.39 is 0 Å². The second-order valence-corrected chi connectivity index (χ2v) is 8.03. The molecule has 31 heavy (non-hydrogen) atoms. The summed E-state index contributed by atoms with van der Waals surface area (Å²) in [4.78, 5) is 23.7. The standard InChI is InChI=1S/C24H25N5O2/c1-4-21-25-19-11-8-16(12-20(19)28(21)5-2)23-26-24(31-27-23)17-13-22(30)29(14-17)18-9-6-15(3)7-10-18/h6-12,17H,4-5,13-14H2,1-3H3. The van der Waals surface area contributed by atoms with Gasteiger partial charge < -0.3 is 14.0 Å². The van der Waals surface area contributed by atoms with Crippen LogP contribution in [0.1, 0.15) is 43.5 Å². The van der Waals surface area contributed by atoms with E-state index in [2.05, 4.69) is 34.6 Å². The number of hydrogen-bond donors (Lipinski definition) is 0. The van der Waals surface area contributed by atoms with Crippen molar-refractivity contribution in [1.82, 2.24) is 19.7 Å². The molecule has 1 saturated heterocycles. The fraction of sp³-hybridized carbons (Fsp3) is 0.333. The predicted molar refractivity (Wildman–Crippen MR) is 119 cm³/mol. The Morgan fingerprint density at radius 1 is 1.10 bits per heavy atom. The molecule has 2 aromatic carbocycles. The summed E-state index contributed by atoms with van der Waals surface area (Å²) in [6, 6.07) is 14.0. The third kappa shape index (κ3) is 3.40. The first-order valence-corrected chi connectivity index (χ1v) is 10.8. The van der Waals surface area contributed by atoms with Crippen molar-refractivity contribution in [3.63, 3.8) is 0 Å². The Morgan fingerprint density at radius 3 is 2.65 bits per heavy atom. The van der Waals surface area contributed by atoms with E-state index in [1.165, 1.54) is 5.56 Å². The minimum Gasteiger partial charge on any atom is -0.339 e. The maximum atomic E-state index is 12.6. The zero-order valence-electron chi connectivity index (χ0n) is 18.0. The fourth-order valence-electron chi connectivity index (χ4n) is 4.30. The average molecular weight is 415 g/mol. The molecule has 1 aliphatic rings. The van der Waals surface area contributed by atoms with Crippen LogP contribution >= 0.6 is 0 Å². The fourth-order valence-corrected chi connectivity index (χ4v) is 4.30. The number of aromatic nitrogens is 4. The molecule has 2 aromatic heterocycles. The lowest BCUT2D eigenvalue weighted by Gasteiger charge is -2.16. The first kappa shape index (κ1) is 19.5. The van der Waals surface area contributed by atoms with Gasteiger partial charge in [-0.25, -0.2) is 4.98 Å². The van der Waals surface area contributed by atoms with E-state index in [9.17, 15) is 4.79 Å². The normalized spacial score (nSPS) is 16.5. The molecule has 5 rings (SSSR count). The molecular formula is C24H25N5O2. The van der Waals surface area contributed by atoms with Crippen LogP contribution in [0.3, 0.4) is 0 Å². The molecule has 1 aliphatic heterocycles. The van der Waals surface area contributed by atoms with Crippen molar-refractivity contribution in [2.75, 3.05) is 11.4 Å². The van der Waals surface area contributed by atoms with Crippen LogP contribution in [-0.2, 0) is 17.8 Å². The maximum Gasteiger partial charge on any atom is 0.232 e. The molecule has 158 valence electrons. The molecule has 7 nitrogen and oxygen atoms in total. The van der Waals surface area contributed by atoms with Gasteiger partial charge in [-0.15, -0.1) is 0 Å². The second-order valence-electron chi connectivity index (χ2n) is 8.03. The van der Waals surface area contributed by atoms with Gasteiger partial charge in [0, 0.05) is 37.2 Å². The van der Waals surface area contributed by atoms with E-state index in [1.807, 2.05) is 43.3 Å². The van der Waals surface area contributed by atoms with Crippen molar-refractivity contribution in [2.24, 2.45) is 0 Å². The summed E-state index contributed by atoms with van der Waals surface area (Å²) in [5, 5.41) is 4.21. The van der Waals surface area contributed by atoms with E-state index in [4.69, 9.17) is 9.51 Å². The Bertz CT molecular complexity index is 1250. The zero-order chi connectivity index (χ0) is 21.5. The highest BCUT2D eigenvalue weighted by atomic mass is 16.5. The summed E-state index contributed by atoms with van der Waals surface area (Å²) >= 11 is 0. The van der Waals surface area contributed by atoms with Crippen molar-refractivity contribution >= 4 is 22.6 Å². The van der Waals surface area contributed by atoms with E-state index in [-0.39, 0.29) is 11.8 Å². The molecule has 0 spiro atoms. The van der Waals surface area contributed by atoms with Gasteiger partial charge in [-0.1, -0.05) is 29.8 Å². The first-order valence-electron chi connectivity index (χ1n) is 10.8. The molecule has 3 heterocycles. The number of carbonyl (C=O) groups is 1. The van der Waals surface area contributed by atoms with Gasteiger partial charge in [0.1, 0.15) is 5.82 Å². The highest BCUT2D eigenvalue weighted by Gasteiger charge is 2.35. The Balaban J connectivity index is 1.41. The van der Waals surface area contributed by atoms with Gasteiger partial charge in [0.2, 0.25) is 17.6 Å². The number of aryl methyl sites for hydroxylation is 3. The van der Waals surface area contributed by atoms with Crippen molar-refractivity contribution in [3.8, 4) is 11.4 Å². The molecule has 4 aromatic rings. The molecule has 1 amide bonds. The number of benzene rings is 2. The van der Waals surface area contributed by atoms with Gasteiger partial charge in [0.25, 0.3) is 0 Å². The molecule has 7 heteroatoms. The third-order valence-electron chi connectivity index (χ3n) is 5.98. The maximum absolute atomic E-state index is 12.6. The topological polar surface area (TPSA) is 77.1 Å². The van der Waals surface area contributed by atoms with Crippen LogP contribution < -0.4 is 4.90 Å². The van der Waals surface area contributed by atoms with Crippen molar-refractivity contribution in [1.29, 1.82) is 0 Å². The molecule has 1 unspecified atom stereocenters. The minimum atomic E-state index is -0.105. The van der Waals surface area contributed by atoms with Crippen LogP contribution in [0.2, 0.25) is 0 Å². The van der Waals surface area contributed by atoms with Gasteiger partial charge >= 0.3 is 0 Å². The van der Waals surface area contributed by atoms with Crippen LogP contribution in [0.25, 0.3) is 22.4 Å². The summed E-state index contributed by atoms with van der Waals surface area (Å²) in [6.07, 6.45) is 1.26. The van der Waals surface area contributed by atoms with Crippen LogP contribution in [-0.4, -0.2) is 32.1 Å². The predicted octanol–water partition coefficient (Wildman–Crippen LogP) is 4.50. The van der Waals surface area contributed by atoms with Crippen molar-refractivity contribution in [3.05, 3.63) is 59.7 Å². The summed E-state index contributed by atoms with van der Waals surface area (Å²) in [6.45, 7) is 7.68. The van der Waals surface area contributed by atoms with Gasteiger partial charge in [0.05, 0.1) is 17.0 Å². The van der Waals surface area contributed by atoms with Crippen LogP contribution in [0.5, 0.6) is 0 Å². The smallest absolute Gasteiger partial charge is 0.232 e. The monoisotopic (exact) mass is 415 g/mol. The van der Waals surface area contributed by atoms with Crippen LogP contribution in [0.15, 0.2) is 47.0 Å².